The van der Waals surface area contributed by atoms with Crippen molar-refractivity contribution in [2.75, 3.05) is 10.6 Å². The maximum absolute atomic E-state index is 6.36. The topological polar surface area (TPSA) is 59.7 Å². The lowest BCUT2D eigenvalue weighted by molar-refractivity contribution is 0.659. The van der Waals surface area contributed by atoms with Gasteiger partial charge in [-0.25, -0.2) is 0 Å². The van der Waals surface area contributed by atoms with Crippen molar-refractivity contribution in [1.29, 1.82) is 0 Å². The van der Waals surface area contributed by atoms with Crippen molar-refractivity contribution in [3.63, 3.8) is 0 Å². The molecule has 0 amide bonds. The quantitative estimate of drug-likeness (QED) is 0.227. The zero-order valence-corrected chi connectivity index (χ0v) is 23.9. The first kappa shape index (κ1) is 26.8. The van der Waals surface area contributed by atoms with Gasteiger partial charge in [0.15, 0.2) is 5.11 Å². The van der Waals surface area contributed by atoms with Crippen molar-refractivity contribution in [2.24, 2.45) is 0 Å². The Labute approximate surface area is 235 Å². The van der Waals surface area contributed by atoms with Gasteiger partial charge in [-0.2, -0.15) is 10.2 Å². The van der Waals surface area contributed by atoms with Crippen LogP contribution in [0, 0.1) is 27.7 Å². The molecule has 36 heavy (non-hydrogen) atoms. The van der Waals surface area contributed by atoms with Crippen LogP contribution < -0.4 is 10.6 Å². The Bertz CT molecular complexity index is 1460. The highest BCUT2D eigenvalue weighted by molar-refractivity contribution is 7.80. The normalized spacial score (nSPS) is 11.1. The summed E-state index contributed by atoms with van der Waals surface area (Å²) in [5.41, 5.74) is 7.17. The summed E-state index contributed by atoms with van der Waals surface area (Å²) in [6, 6.07) is 11.0. The molecule has 2 heterocycles. The average molecular weight is 582 g/mol. The lowest BCUT2D eigenvalue weighted by atomic mass is 10.2. The van der Waals surface area contributed by atoms with Gasteiger partial charge in [0.2, 0.25) is 0 Å². The third-order valence-corrected chi connectivity index (χ3v) is 7.42. The molecule has 2 N–H and O–H groups in total. The highest BCUT2D eigenvalue weighted by Gasteiger charge is 2.17. The van der Waals surface area contributed by atoms with Gasteiger partial charge in [0.25, 0.3) is 0 Å². The SMILES string of the molecule is Cc1nn(Cc2ccc(Cl)c(Cl)c2)c(C)c1NC(=S)Nc1c(C)nn(Cc2ccc(Cl)cc2Cl)c1C. The van der Waals surface area contributed by atoms with Crippen LogP contribution in [0.2, 0.25) is 20.1 Å². The van der Waals surface area contributed by atoms with Crippen molar-refractivity contribution in [2.45, 2.75) is 40.8 Å². The van der Waals surface area contributed by atoms with Crippen LogP contribution in [0.1, 0.15) is 33.9 Å². The van der Waals surface area contributed by atoms with Crippen LogP contribution in [0.5, 0.6) is 0 Å². The molecule has 2 aromatic heterocycles. The van der Waals surface area contributed by atoms with Crippen molar-refractivity contribution < 1.29 is 0 Å². The third kappa shape index (κ3) is 5.82. The Morgan fingerprint density at radius 3 is 1.89 bits per heavy atom. The first-order valence-corrected chi connectivity index (χ1v) is 13.0. The molecule has 2 aromatic carbocycles. The minimum absolute atomic E-state index is 0.450. The molecule has 0 fully saturated rings. The summed E-state index contributed by atoms with van der Waals surface area (Å²) in [7, 11) is 0. The summed E-state index contributed by atoms with van der Waals surface area (Å²) in [5, 5.41) is 18.6. The van der Waals surface area contributed by atoms with Gasteiger partial charge in [-0.15, -0.1) is 0 Å². The lowest BCUT2D eigenvalue weighted by Gasteiger charge is -2.12. The first-order valence-electron chi connectivity index (χ1n) is 11.1. The molecule has 0 aliphatic rings. The predicted molar refractivity (Wildman–Crippen MR) is 154 cm³/mol. The van der Waals surface area contributed by atoms with Gasteiger partial charge in [0.1, 0.15) is 0 Å². The summed E-state index contributed by atoms with van der Waals surface area (Å²) in [6.07, 6.45) is 0. The van der Waals surface area contributed by atoms with Crippen LogP contribution in [0.25, 0.3) is 0 Å². The van der Waals surface area contributed by atoms with E-state index in [4.69, 9.17) is 58.6 Å². The number of hydrogen-bond donors (Lipinski definition) is 2. The molecule has 11 heteroatoms. The van der Waals surface area contributed by atoms with E-state index in [1.54, 1.807) is 12.1 Å². The van der Waals surface area contributed by atoms with Crippen molar-refractivity contribution in [3.05, 3.63) is 90.4 Å². The van der Waals surface area contributed by atoms with E-state index < -0.39 is 0 Å². The number of thiocarbonyl (C=S) groups is 1. The molecule has 0 radical (unpaired) electrons. The van der Waals surface area contributed by atoms with Crippen LogP contribution in [-0.2, 0) is 13.1 Å². The molecule has 0 atom stereocenters. The monoisotopic (exact) mass is 580 g/mol. The second-order valence-corrected chi connectivity index (χ2v) is 10.5. The Balaban J connectivity index is 1.48. The highest BCUT2D eigenvalue weighted by atomic mass is 35.5. The maximum atomic E-state index is 6.36. The molecule has 188 valence electrons. The Morgan fingerprint density at radius 1 is 0.750 bits per heavy atom. The summed E-state index contributed by atoms with van der Waals surface area (Å²) in [4.78, 5) is 0. The number of anilines is 2. The molecule has 4 rings (SSSR count). The zero-order valence-electron chi connectivity index (χ0n) is 20.1. The number of benzene rings is 2. The molecule has 0 bridgehead atoms. The van der Waals surface area contributed by atoms with Gasteiger partial charge in [-0.1, -0.05) is 58.5 Å². The van der Waals surface area contributed by atoms with Crippen LogP contribution in [0.15, 0.2) is 36.4 Å². The van der Waals surface area contributed by atoms with E-state index in [0.29, 0.717) is 38.3 Å². The summed E-state index contributed by atoms with van der Waals surface area (Å²) >= 11 is 30.2. The second-order valence-electron chi connectivity index (χ2n) is 8.47. The number of aromatic nitrogens is 4. The van der Waals surface area contributed by atoms with E-state index in [2.05, 4.69) is 20.8 Å². The van der Waals surface area contributed by atoms with E-state index in [0.717, 1.165) is 45.3 Å². The van der Waals surface area contributed by atoms with Crippen LogP contribution >= 0.6 is 58.6 Å². The van der Waals surface area contributed by atoms with Crippen molar-refractivity contribution in [3.8, 4) is 0 Å². The van der Waals surface area contributed by atoms with Gasteiger partial charge in [-0.3, -0.25) is 9.36 Å². The molecular formula is C25H24Cl4N6S. The standard InChI is InChI=1S/C25H24Cl4N6S/c1-13-23(15(3)34(32-13)11-17-5-8-20(27)22(29)9-17)30-25(36)31-24-14(2)33-35(16(24)4)12-18-6-7-19(26)10-21(18)28/h5-10H,11-12H2,1-4H3,(H2,30,31,36). The molecule has 6 nitrogen and oxygen atoms in total. The van der Waals surface area contributed by atoms with Gasteiger partial charge in [-0.05, 0) is 75.3 Å². The van der Waals surface area contributed by atoms with E-state index in [9.17, 15) is 0 Å². The highest BCUT2D eigenvalue weighted by Crippen LogP contribution is 2.27. The van der Waals surface area contributed by atoms with Crippen LogP contribution in [0.4, 0.5) is 11.4 Å². The number of nitrogens with one attached hydrogen (secondary N) is 2. The minimum Gasteiger partial charge on any atom is -0.329 e. The Morgan fingerprint density at radius 2 is 1.33 bits per heavy atom. The second kappa shape index (κ2) is 11.0. The van der Waals surface area contributed by atoms with E-state index in [-0.39, 0.29) is 0 Å². The fourth-order valence-corrected chi connectivity index (χ4v) is 4.94. The Kier molecular flexibility index (Phi) is 8.17. The average Bonchev–Trinajstić information content (AvgIpc) is 3.22. The van der Waals surface area contributed by atoms with Crippen LogP contribution in [0.3, 0.4) is 0 Å². The molecule has 4 aromatic rings. The van der Waals surface area contributed by atoms with E-state index in [1.807, 2.05) is 61.3 Å². The van der Waals surface area contributed by atoms with Gasteiger partial charge in [0.05, 0.1) is 57.3 Å². The van der Waals surface area contributed by atoms with Crippen LogP contribution in [-0.4, -0.2) is 24.7 Å². The first-order chi connectivity index (χ1) is 17.0. The Hall–Kier alpha value is -2.29. The molecule has 0 spiro atoms. The zero-order chi connectivity index (χ0) is 26.1. The van der Waals surface area contributed by atoms with Gasteiger partial charge < -0.3 is 10.6 Å². The fraction of sp³-hybridized carbons (Fsp3) is 0.240. The van der Waals surface area contributed by atoms with Crippen molar-refractivity contribution in [1.82, 2.24) is 19.6 Å². The molecule has 0 saturated heterocycles. The lowest BCUT2D eigenvalue weighted by Crippen LogP contribution is -2.21. The number of nitrogens with zero attached hydrogens (tertiary/aromatic N) is 4. The summed E-state index contributed by atoms with van der Waals surface area (Å²) in [6.45, 7) is 8.93. The number of rotatable bonds is 6. The molecule has 0 saturated carbocycles. The summed E-state index contributed by atoms with van der Waals surface area (Å²) < 4.78 is 3.80. The molecular weight excluding hydrogens is 558 g/mol. The third-order valence-electron chi connectivity index (χ3n) is 5.89. The molecule has 0 aliphatic heterocycles. The largest absolute Gasteiger partial charge is 0.329 e. The number of halogens is 4. The van der Waals surface area contributed by atoms with Gasteiger partial charge >= 0.3 is 0 Å². The smallest absolute Gasteiger partial charge is 0.175 e. The van der Waals surface area contributed by atoms with Crippen molar-refractivity contribution >= 4 is 75.1 Å². The molecule has 0 unspecified atom stereocenters. The minimum atomic E-state index is 0.450. The van der Waals surface area contributed by atoms with E-state index in [1.165, 1.54) is 0 Å². The van der Waals surface area contributed by atoms with Gasteiger partial charge in [0, 0.05) is 10.0 Å². The summed E-state index contributed by atoms with van der Waals surface area (Å²) in [5.74, 6) is 0. The fourth-order valence-electron chi connectivity index (χ4n) is 3.94. The number of hydrogen-bond acceptors (Lipinski definition) is 3. The maximum Gasteiger partial charge on any atom is 0.175 e. The molecule has 0 aliphatic carbocycles. The number of aryl methyl sites for hydroxylation is 2. The predicted octanol–water partition coefficient (Wildman–Crippen LogP) is 7.83. The van der Waals surface area contributed by atoms with E-state index >= 15 is 0 Å².